The van der Waals surface area contributed by atoms with E-state index in [4.69, 9.17) is 11.0 Å². The lowest BCUT2D eigenvalue weighted by Gasteiger charge is -2.16. The van der Waals surface area contributed by atoms with Crippen molar-refractivity contribution in [2.45, 2.75) is 18.8 Å². The minimum atomic E-state index is -0.480. The van der Waals surface area contributed by atoms with Gasteiger partial charge < -0.3 is 5.73 Å². The highest BCUT2D eigenvalue weighted by atomic mass is 127. The van der Waals surface area contributed by atoms with E-state index < -0.39 is 11.7 Å². The highest BCUT2D eigenvalue weighted by molar-refractivity contribution is 14.1. The summed E-state index contributed by atoms with van der Waals surface area (Å²) >= 11 is 2.22. The number of hydrogen-bond acceptors (Lipinski definition) is 2. The van der Waals surface area contributed by atoms with Crippen molar-refractivity contribution >= 4 is 28.5 Å². The average molecular weight is 408 g/mol. The zero-order valence-electron chi connectivity index (χ0n) is 11.7. The van der Waals surface area contributed by atoms with E-state index in [1.165, 1.54) is 12.1 Å². The van der Waals surface area contributed by atoms with E-state index in [-0.39, 0.29) is 17.9 Å². The molecule has 22 heavy (non-hydrogen) atoms. The molecule has 0 heterocycles. The number of carbonyl (C=O) groups is 1. The molecule has 0 aliphatic heterocycles. The van der Waals surface area contributed by atoms with Gasteiger partial charge in [-0.05, 0) is 76.4 Å². The van der Waals surface area contributed by atoms with E-state index in [1.807, 2.05) is 30.3 Å². The van der Waals surface area contributed by atoms with Gasteiger partial charge in [-0.1, -0.05) is 12.1 Å². The van der Waals surface area contributed by atoms with Gasteiger partial charge in [0.2, 0.25) is 5.91 Å². The Labute approximate surface area is 142 Å². The Hall–Kier alpha value is -1.94. The van der Waals surface area contributed by atoms with Crippen molar-refractivity contribution in [3.05, 3.63) is 68.5 Å². The molecule has 5 heteroatoms. The summed E-state index contributed by atoms with van der Waals surface area (Å²) in [5, 5.41) is 8.96. The van der Waals surface area contributed by atoms with Crippen LogP contribution in [-0.2, 0) is 11.2 Å². The zero-order chi connectivity index (χ0) is 16.1. The molecule has 1 unspecified atom stereocenters. The second-order valence-electron chi connectivity index (χ2n) is 5.08. The van der Waals surface area contributed by atoms with Crippen molar-refractivity contribution < 1.29 is 9.18 Å². The molecule has 0 aromatic heterocycles. The first kappa shape index (κ1) is 16.4. The molecule has 0 fully saturated rings. The molecule has 2 aromatic rings. The van der Waals surface area contributed by atoms with Crippen molar-refractivity contribution in [1.82, 2.24) is 0 Å². The van der Waals surface area contributed by atoms with Crippen molar-refractivity contribution in [3.63, 3.8) is 0 Å². The molecule has 112 valence electrons. The number of rotatable bonds is 5. The molecule has 1 amide bonds. The molecule has 2 aromatic carbocycles. The van der Waals surface area contributed by atoms with Gasteiger partial charge in [0.15, 0.2) is 0 Å². The van der Waals surface area contributed by atoms with Gasteiger partial charge in [0.25, 0.3) is 0 Å². The first-order chi connectivity index (χ1) is 10.5. The van der Waals surface area contributed by atoms with Crippen LogP contribution in [0.15, 0.2) is 42.5 Å². The Morgan fingerprint density at radius 3 is 2.55 bits per heavy atom. The maximum Gasteiger partial charge on any atom is 0.218 e. The van der Waals surface area contributed by atoms with Crippen LogP contribution < -0.4 is 5.73 Å². The normalized spacial score (nSPS) is 11.7. The lowest BCUT2D eigenvalue weighted by Crippen LogP contribution is -2.17. The van der Waals surface area contributed by atoms with Crippen LogP contribution in [0.25, 0.3) is 0 Å². The second kappa shape index (κ2) is 7.36. The summed E-state index contributed by atoms with van der Waals surface area (Å²) in [6.07, 6.45) is 0.675. The molecule has 0 aliphatic rings. The molecule has 0 saturated carbocycles. The number of amides is 1. The molecule has 3 nitrogen and oxygen atoms in total. The third kappa shape index (κ3) is 4.53. The molecular weight excluding hydrogens is 394 g/mol. The second-order valence-corrected chi connectivity index (χ2v) is 6.33. The van der Waals surface area contributed by atoms with E-state index in [9.17, 15) is 9.18 Å². The Morgan fingerprint density at radius 2 is 1.95 bits per heavy atom. The van der Waals surface area contributed by atoms with E-state index in [0.717, 1.165) is 9.13 Å². The number of primary amides is 1. The Bertz CT molecular complexity index is 722. The van der Waals surface area contributed by atoms with E-state index >= 15 is 0 Å². The monoisotopic (exact) mass is 408 g/mol. The van der Waals surface area contributed by atoms with Gasteiger partial charge in [0.05, 0.1) is 11.6 Å². The summed E-state index contributed by atoms with van der Waals surface area (Å²) < 4.78 is 14.8. The number of nitrogens with zero attached hydrogens (tertiary/aromatic N) is 1. The van der Waals surface area contributed by atoms with Crippen LogP contribution in [0.4, 0.5) is 4.39 Å². The van der Waals surface area contributed by atoms with Crippen LogP contribution >= 0.6 is 22.6 Å². The summed E-state index contributed by atoms with van der Waals surface area (Å²) in [4.78, 5) is 11.3. The molecule has 2 N–H and O–H groups in total. The maximum atomic E-state index is 13.6. The molecule has 2 rings (SSSR count). The molecule has 0 saturated heterocycles. The first-order valence-electron chi connectivity index (χ1n) is 6.71. The van der Waals surface area contributed by atoms with Gasteiger partial charge in [0, 0.05) is 9.99 Å². The molecule has 0 bridgehead atoms. The van der Waals surface area contributed by atoms with Crippen molar-refractivity contribution in [1.29, 1.82) is 5.26 Å². The fourth-order valence-electron chi connectivity index (χ4n) is 2.37. The molecule has 1 atom stereocenters. The maximum absolute atomic E-state index is 13.6. The summed E-state index contributed by atoms with van der Waals surface area (Å²) in [5.41, 5.74) is 7.22. The molecule has 0 aliphatic carbocycles. The zero-order valence-corrected chi connectivity index (χ0v) is 13.9. The van der Waals surface area contributed by atoms with Crippen LogP contribution in [0.3, 0.4) is 0 Å². The van der Waals surface area contributed by atoms with Crippen molar-refractivity contribution in [2.24, 2.45) is 5.73 Å². The van der Waals surface area contributed by atoms with Crippen LogP contribution in [0.1, 0.15) is 29.0 Å². The molecular formula is C17H14FIN2O. The first-order valence-corrected chi connectivity index (χ1v) is 7.79. The number of halogens is 2. The Balaban J connectivity index is 2.33. The van der Waals surface area contributed by atoms with E-state index in [2.05, 4.69) is 22.6 Å². The quantitative estimate of drug-likeness (QED) is 0.770. The highest BCUT2D eigenvalue weighted by Gasteiger charge is 2.17. The van der Waals surface area contributed by atoms with Gasteiger partial charge in [-0.3, -0.25) is 4.79 Å². The fourth-order valence-corrected chi connectivity index (χ4v) is 2.73. The number of hydrogen-bond donors (Lipinski definition) is 1. The minimum absolute atomic E-state index is 0.111. The SMILES string of the molecule is N#Cc1cc(F)cc(C(CC(N)=O)Cc2ccc(I)cc2)c1. The summed E-state index contributed by atoms with van der Waals surface area (Å²) in [5.74, 6) is -1.18. The van der Waals surface area contributed by atoms with E-state index in [1.54, 1.807) is 6.07 Å². The minimum Gasteiger partial charge on any atom is -0.370 e. The summed E-state index contributed by atoms with van der Waals surface area (Å²) in [6.45, 7) is 0. The Morgan fingerprint density at radius 1 is 1.27 bits per heavy atom. The largest absolute Gasteiger partial charge is 0.370 e. The van der Waals surface area contributed by atoms with Crippen molar-refractivity contribution in [2.75, 3.05) is 0 Å². The predicted molar refractivity (Wildman–Crippen MR) is 90.5 cm³/mol. The van der Waals surface area contributed by atoms with Gasteiger partial charge >= 0.3 is 0 Å². The Kier molecular flexibility index (Phi) is 5.50. The predicted octanol–water partition coefficient (Wildman–Crippen LogP) is 3.50. The molecule has 0 radical (unpaired) electrons. The number of nitrogens with two attached hydrogens (primary N) is 1. The van der Waals surface area contributed by atoms with Crippen LogP contribution in [0, 0.1) is 20.7 Å². The third-order valence-corrected chi connectivity index (χ3v) is 4.08. The lowest BCUT2D eigenvalue weighted by atomic mass is 9.88. The third-order valence-electron chi connectivity index (χ3n) is 3.36. The number of carbonyl (C=O) groups excluding carboxylic acids is 1. The lowest BCUT2D eigenvalue weighted by molar-refractivity contribution is -0.118. The molecule has 0 spiro atoms. The summed E-state index contributed by atoms with van der Waals surface area (Å²) in [6, 6.07) is 14.0. The highest BCUT2D eigenvalue weighted by Crippen LogP contribution is 2.26. The van der Waals surface area contributed by atoms with Crippen LogP contribution in [-0.4, -0.2) is 5.91 Å². The fraction of sp³-hybridized carbons (Fsp3) is 0.176. The topological polar surface area (TPSA) is 66.9 Å². The summed E-state index contributed by atoms with van der Waals surface area (Å²) in [7, 11) is 0. The van der Waals surface area contributed by atoms with Crippen LogP contribution in [0.5, 0.6) is 0 Å². The van der Waals surface area contributed by atoms with Crippen LogP contribution in [0.2, 0.25) is 0 Å². The van der Waals surface area contributed by atoms with Gasteiger partial charge in [0.1, 0.15) is 5.82 Å². The number of benzene rings is 2. The average Bonchev–Trinajstić information content (AvgIpc) is 2.47. The smallest absolute Gasteiger partial charge is 0.218 e. The van der Waals surface area contributed by atoms with Crippen molar-refractivity contribution in [3.8, 4) is 6.07 Å². The van der Waals surface area contributed by atoms with Gasteiger partial charge in [-0.15, -0.1) is 0 Å². The van der Waals surface area contributed by atoms with Gasteiger partial charge in [-0.25, -0.2) is 4.39 Å². The van der Waals surface area contributed by atoms with E-state index in [0.29, 0.717) is 12.0 Å². The number of nitriles is 1. The standard InChI is InChI=1S/C17H14FIN2O/c18-15-7-12(10-20)6-13(8-15)14(9-17(21)22)5-11-1-3-16(19)4-2-11/h1-4,6-8,14H,5,9H2,(H2,21,22). The van der Waals surface area contributed by atoms with Gasteiger partial charge in [-0.2, -0.15) is 5.26 Å².